The van der Waals surface area contributed by atoms with Crippen molar-refractivity contribution in [2.24, 2.45) is 17.8 Å². The zero-order valence-electron chi connectivity index (χ0n) is 15.1. The summed E-state index contributed by atoms with van der Waals surface area (Å²) in [6.07, 6.45) is 2.64. The lowest BCUT2D eigenvalue weighted by molar-refractivity contribution is -0.136. The van der Waals surface area contributed by atoms with E-state index >= 15 is 0 Å². The van der Waals surface area contributed by atoms with Crippen LogP contribution in [0.15, 0.2) is 30.3 Å². The van der Waals surface area contributed by atoms with Crippen LogP contribution in [0.5, 0.6) is 0 Å². The number of amides is 3. The summed E-state index contributed by atoms with van der Waals surface area (Å²) in [6, 6.07) is 8.35. The van der Waals surface area contributed by atoms with E-state index in [4.69, 9.17) is 0 Å². The third-order valence-corrected chi connectivity index (χ3v) is 5.68. The van der Waals surface area contributed by atoms with Gasteiger partial charge in [0.25, 0.3) is 5.91 Å². The van der Waals surface area contributed by atoms with Gasteiger partial charge in [-0.15, -0.1) is 0 Å². The quantitative estimate of drug-likeness (QED) is 0.675. The molecule has 2 aliphatic rings. The Labute approximate surface area is 148 Å². The maximum Gasteiger partial charge on any atom is 0.325 e. The normalized spacial score (nSPS) is 29.4. The average Bonchev–Trinajstić information content (AvgIpc) is 2.79. The highest BCUT2D eigenvalue weighted by Crippen LogP contribution is 2.44. The molecule has 1 saturated carbocycles. The Hall–Kier alpha value is -2.17. The number of carbonyl (C=O) groups is 3. The number of Topliss-reactive ketones (excluding diaryl/α,β-unsaturated/α-hetero) is 1. The van der Waals surface area contributed by atoms with Gasteiger partial charge in [-0.25, -0.2) is 4.79 Å². The van der Waals surface area contributed by atoms with Gasteiger partial charge in [0.1, 0.15) is 5.54 Å². The number of benzene rings is 1. The molecule has 3 atom stereocenters. The summed E-state index contributed by atoms with van der Waals surface area (Å²) in [5.74, 6) is 0.334. The third kappa shape index (κ3) is 3.08. The molecule has 1 aliphatic carbocycles. The number of rotatable bonds is 4. The van der Waals surface area contributed by atoms with Gasteiger partial charge < -0.3 is 5.32 Å². The molecule has 1 aliphatic heterocycles. The van der Waals surface area contributed by atoms with Crippen molar-refractivity contribution in [3.05, 3.63) is 35.9 Å². The van der Waals surface area contributed by atoms with Crippen molar-refractivity contribution in [1.29, 1.82) is 0 Å². The van der Waals surface area contributed by atoms with Gasteiger partial charge >= 0.3 is 6.03 Å². The van der Waals surface area contributed by atoms with E-state index in [0.717, 1.165) is 17.7 Å². The second-order valence-corrected chi connectivity index (χ2v) is 7.82. The summed E-state index contributed by atoms with van der Waals surface area (Å²) in [4.78, 5) is 39.3. The number of hydrogen-bond acceptors (Lipinski definition) is 3. The van der Waals surface area contributed by atoms with E-state index < -0.39 is 11.6 Å². The molecule has 5 nitrogen and oxygen atoms in total. The number of ketones is 1. The minimum atomic E-state index is -0.847. The van der Waals surface area contributed by atoms with E-state index in [0.29, 0.717) is 23.8 Å². The molecule has 5 heteroatoms. The van der Waals surface area contributed by atoms with Crippen LogP contribution in [0.2, 0.25) is 0 Å². The second-order valence-electron chi connectivity index (χ2n) is 7.82. The summed E-state index contributed by atoms with van der Waals surface area (Å²) < 4.78 is 0. The van der Waals surface area contributed by atoms with Gasteiger partial charge in [-0.05, 0) is 30.6 Å². The zero-order chi connectivity index (χ0) is 18.2. The highest BCUT2D eigenvalue weighted by molar-refractivity contribution is 6.11. The first-order chi connectivity index (χ1) is 11.8. The van der Waals surface area contributed by atoms with Gasteiger partial charge in [-0.2, -0.15) is 0 Å². The lowest BCUT2D eigenvalue weighted by atomic mass is 9.65. The predicted octanol–water partition coefficient (Wildman–Crippen LogP) is 3.25. The molecule has 3 rings (SSSR count). The monoisotopic (exact) mass is 342 g/mol. The van der Waals surface area contributed by atoms with E-state index in [1.807, 2.05) is 6.07 Å². The Morgan fingerprint density at radius 3 is 2.56 bits per heavy atom. The van der Waals surface area contributed by atoms with Gasteiger partial charge in [0.05, 0.1) is 6.54 Å². The molecule has 3 unspecified atom stereocenters. The maximum atomic E-state index is 13.2. The molecule has 1 heterocycles. The molecule has 2 fully saturated rings. The number of nitrogens with zero attached hydrogens (tertiary/aromatic N) is 1. The third-order valence-electron chi connectivity index (χ3n) is 5.68. The van der Waals surface area contributed by atoms with E-state index in [1.54, 1.807) is 24.3 Å². The van der Waals surface area contributed by atoms with Gasteiger partial charge in [0, 0.05) is 5.56 Å². The Bertz CT molecular complexity index is 685. The molecule has 0 aromatic heterocycles. The smallest absolute Gasteiger partial charge is 0.323 e. The first-order valence-electron chi connectivity index (χ1n) is 9.07. The van der Waals surface area contributed by atoms with E-state index in [9.17, 15) is 14.4 Å². The van der Waals surface area contributed by atoms with Gasteiger partial charge in [-0.3, -0.25) is 14.5 Å². The van der Waals surface area contributed by atoms with Crippen molar-refractivity contribution < 1.29 is 14.4 Å². The summed E-state index contributed by atoms with van der Waals surface area (Å²) in [5.41, 5.74) is -0.332. The molecule has 1 aromatic carbocycles. The second kappa shape index (κ2) is 6.62. The molecule has 3 amide bonds. The minimum Gasteiger partial charge on any atom is -0.323 e. The van der Waals surface area contributed by atoms with Crippen molar-refractivity contribution in [2.75, 3.05) is 6.54 Å². The average molecular weight is 342 g/mol. The van der Waals surface area contributed by atoms with Crippen LogP contribution in [0.4, 0.5) is 4.79 Å². The first kappa shape index (κ1) is 17.6. The number of imide groups is 1. The minimum absolute atomic E-state index is 0.108. The highest BCUT2D eigenvalue weighted by Gasteiger charge is 2.58. The molecular weight excluding hydrogens is 316 g/mol. The topological polar surface area (TPSA) is 66.5 Å². The molecule has 1 saturated heterocycles. The van der Waals surface area contributed by atoms with E-state index in [-0.39, 0.29) is 24.2 Å². The fourth-order valence-corrected chi connectivity index (χ4v) is 4.45. The van der Waals surface area contributed by atoms with Gasteiger partial charge in [0.2, 0.25) is 0 Å². The Kier molecular flexibility index (Phi) is 4.67. The predicted molar refractivity (Wildman–Crippen MR) is 95.1 cm³/mol. The maximum absolute atomic E-state index is 13.2. The molecule has 1 spiro atoms. The molecular formula is C20H26N2O3. The summed E-state index contributed by atoms with van der Waals surface area (Å²) in [7, 11) is 0. The number of hydrogen-bond donors (Lipinski definition) is 1. The lowest BCUT2D eigenvalue weighted by Crippen LogP contribution is -2.57. The number of nitrogens with one attached hydrogen (secondary N) is 1. The largest absolute Gasteiger partial charge is 0.325 e. The van der Waals surface area contributed by atoms with Crippen LogP contribution >= 0.6 is 0 Å². The van der Waals surface area contributed by atoms with Crippen molar-refractivity contribution >= 4 is 17.7 Å². The van der Waals surface area contributed by atoms with Crippen molar-refractivity contribution in [3.8, 4) is 0 Å². The van der Waals surface area contributed by atoms with Crippen LogP contribution in [0.1, 0.15) is 50.4 Å². The summed E-state index contributed by atoms with van der Waals surface area (Å²) >= 11 is 0. The Balaban J connectivity index is 1.85. The summed E-state index contributed by atoms with van der Waals surface area (Å²) in [6.45, 7) is 6.12. The van der Waals surface area contributed by atoms with Crippen LogP contribution < -0.4 is 5.32 Å². The molecule has 1 aromatic rings. The van der Waals surface area contributed by atoms with E-state index in [2.05, 4.69) is 26.1 Å². The zero-order valence-corrected chi connectivity index (χ0v) is 15.1. The molecule has 1 N–H and O–H groups in total. The fraction of sp³-hybridized carbons (Fsp3) is 0.550. The summed E-state index contributed by atoms with van der Waals surface area (Å²) in [5, 5.41) is 2.97. The highest BCUT2D eigenvalue weighted by atomic mass is 16.2. The standard InChI is InChI=1S/C20H26N2O3/c1-13(2)16-10-9-14(3)11-20(16)18(24)22(19(25)21-20)12-17(23)15-7-5-4-6-8-15/h4-8,13-14,16H,9-12H2,1-3H3,(H,21,25). The molecule has 0 bridgehead atoms. The van der Waals surface area contributed by atoms with Gasteiger partial charge in [0.15, 0.2) is 5.78 Å². The molecule has 134 valence electrons. The van der Waals surface area contributed by atoms with Crippen LogP contribution in [-0.4, -0.2) is 34.7 Å². The molecule has 25 heavy (non-hydrogen) atoms. The van der Waals surface area contributed by atoms with Crippen LogP contribution in [0.25, 0.3) is 0 Å². The van der Waals surface area contributed by atoms with Gasteiger partial charge in [-0.1, -0.05) is 57.5 Å². The number of carbonyl (C=O) groups excluding carboxylic acids is 3. The van der Waals surface area contributed by atoms with Crippen molar-refractivity contribution in [1.82, 2.24) is 10.2 Å². The fourth-order valence-electron chi connectivity index (χ4n) is 4.45. The lowest BCUT2D eigenvalue weighted by Gasteiger charge is -2.43. The van der Waals surface area contributed by atoms with Crippen LogP contribution in [0.3, 0.4) is 0 Å². The molecule has 0 radical (unpaired) electrons. The SMILES string of the molecule is CC1CCC(C(C)C)C2(C1)NC(=O)N(CC(=O)c1ccccc1)C2=O. The Morgan fingerprint density at radius 2 is 1.92 bits per heavy atom. The van der Waals surface area contributed by atoms with Crippen LogP contribution in [-0.2, 0) is 4.79 Å². The van der Waals surface area contributed by atoms with Crippen LogP contribution in [0, 0.1) is 17.8 Å². The number of urea groups is 1. The Morgan fingerprint density at radius 1 is 1.24 bits per heavy atom. The first-order valence-corrected chi connectivity index (χ1v) is 9.07. The van der Waals surface area contributed by atoms with E-state index in [1.165, 1.54) is 0 Å². The van der Waals surface area contributed by atoms with Crippen molar-refractivity contribution in [2.45, 2.75) is 45.6 Å². The van der Waals surface area contributed by atoms with Crippen molar-refractivity contribution in [3.63, 3.8) is 0 Å².